The minimum absolute atomic E-state index is 0.0859. The van der Waals surface area contributed by atoms with E-state index < -0.39 is 62.4 Å². The molecule has 0 saturated carbocycles. The summed E-state index contributed by atoms with van der Waals surface area (Å²) < 4.78 is 41.5. The molecule has 3 atom stereocenters. The Bertz CT molecular complexity index is 1660. The van der Waals surface area contributed by atoms with Crippen LogP contribution in [0, 0.1) is 0 Å². The van der Waals surface area contributed by atoms with Crippen molar-refractivity contribution in [1.82, 2.24) is 19.9 Å². The van der Waals surface area contributed by atoms with Crippen LogP contribution in [0.15, 0.2) is 42.5 Å². The van der Waals surface area contributed by atoms with Gasteiger partial charge in [0.25, 0.3) is 0 Å². The van der Waals surface area contributed by atoms with E-state index in [9.17, 15) is 14.4 Å². The molecule has 52 heavy (non-hydrogen) atoms. The molecule has 2 heterocycles. The van der Waals surface area contributed by atoms with Gasteiger partial charge >= 0.3 is 18.2 Å². The summed E-state index contributed by atoms with van der Waals surface area (Å²) in [4.78, 5) is 41.2. The maximum Gasteiger partial charge on any atom is 0.509 e. The van der Waals surface area contributed by atoms with E-state index in [2.05, 4.69) is 30.0 Å². The van der Waals surface area contributed by atoms with Gasteiger partial charge in [-0.25, -0.2) is 19.1 Å². The third-order valence-electron chi connectivity index (χ3n) is 7.94. The fourth-order valence-electron chi connectivity index (χ4n) is 5.44. The van der Waals surface area contributed by atoms with Crippen LogP contribution in [-0.4, -0.2) is 103 Å². The molecular weight excluding hydrogens is 689 g/mol. The number of aromatic nitrogens is 3. The first-order valence-corrected chi connectivity index (χ1v) is 21.2. The maximum absolute atomic E-state index is 13.5. The molecule has 14 nitrogen and oxygen atoms in total. The predicted molar refractivity (Wildman–Crippen MR) is 196 cm³/mol. The number of ether oxygens (including phenoxy) is 7. The molecule has 1 saturated heterocycles. The van der Waals surface area contributed by atoms with Crippen LogP contribution in [0.5, 0.6) is 5.75 Å². The average molecular weight is 743 g/mol. The summed E-state index contributed by atoms with van der Waals surface area (Å²) in [7, 11) is 0.352. The molecule has 15 heteroatoms. The fraction of sp³-hybridized carbons (Fsp3) is 0.595. The van der Waals surface area contributed by atoms with Gasteiger partial charge in [-0.3, -0.25) is 4.90 Å². The standard InChI is InChI=1S/C37H54N4O10Si/c1-36(2,3)50-34(43)40-21-31(48-35(44)51-37(4,5)6)33(30(40)19-25-11-14-27(45-7)15-12-25)49-32(42)23-47-22-26-13-16-28-29(20-26)41(39-38-28)24-46-17-18-52(8,9)10/h11-16,20,30-31,33H,17-19,21-24H2,1-10H3/t30-,31+,33+/m1/s1. The molecule has 0 N–H and O–H groups in total. The molecule has 1 aliphatic heterocycles. The summed E-state index contributed by atoms with van der Waals surface area (Å²) in [6, 6.07) is 13.2. The van der Waals surface area contributed by atoms with Gasteiger partial charge in [0.1, 0.15) is 35.8 Å². The van der Waals surface area contributed by atoms with Gasteiger partial charge in [0, 0.05) is 14.7 Å². The van der Waals surface area contributed by atoms with Crippen LogP contribution in [0.4, 0.5) is 9.59 Å². The van der Waals surface area contributed by atoms with Crippen molar-refractivity contribution in [2.75, 3.05) is 26.9 Å². The molecule has 1 aliphatic rings. The number of hydrogen-bond donors (Lipinski definition) is 0. The van der Waals surface area contributed by atoms with Crippen LogP contribution in [0.1, 0.15) is 52.7 Å². The highest BCUT2D eigenvalue weighted by Gasteiger charge is 2.50. The van der Waals surface area contributed by atoms with Gasteiger partial charge in [0.15, 0.2) is 12.2 Å². The van der Waals surface area contributed by atoms with Crippen LogP contribution < -0.4 is 4.74 Å². The number of nitrogens with zero attached hydrogens (tertiary/aromatic N) is 4. The van der Waals surface area contributed by atoms with E-state index in [1.807, 2.05) is 30.3 Å². The fourth-order valence-corrected chi connectivity index (χ4v) is 6.19. The third-order valence-corrected chi connectivity index (χ3v) is 9.64. The highest BCUT2D eigenvalue weighted by atomic mass is 28.3. The zero-order chi connectivity index (χ0) is 38.3. The maximum atomic E-state index is 13.5. The van der Waals surface area contributed by atoms with Crippen molar-refractivity contribution in [3.63, 3.8) is 0 Å². The lowest BCUT2D eigenvalue weighted by Gasteiger charge is -2.30. The van der Waals surface area contributed by atoms with Gasteiger partial charge < -0.3 is 33.2 Å². The van der Waals surface area contributed by atoms with Crippen LogP contribution in [0.25, 0.3) is 11.0 Å². The normalized spacial score (nSPS) is 18.0. The summed E-state index contributed by atoms with van der Waals surface area (Å²) in [5.41, 5.74) is 1.50. The number of likely N-dealkylation sites (tertiary alicyclic amines) is 1. The number of carbonyl (C=O) groups excluding carboxylic acids is 3. The third kappa shape index (κ3) is 12.5. The second kappa shape index (κ2) is 17.1. The van der Waals surface area contributed by atoms with Crippen LogP contribution >= 0.6 is 0 Å². The largest absolute Gasteiger partial charge is 0.509 e. The molecule has 1 fully saturated rings. The van der Waals surface area contributed by atoms with Crippen molar-refractivity contribution in [1.29, 1.82) is 0 Å². The van der Waals surface area contributed by atoms with Crippen molar-refractivity contribution in [2.24, 2.45) is 0 Å². The number of hydrogen-bond acceptors (Lipinski definition) is 12. The van der Waals surface area contributed by atoms with E-state index >= 15 is 0 Å². The Balaban J connectivity index is 1.48. The lowest BCUT2D eigenvalue weighted by atomic mass is 10.0. The highest BCUT2D eigenvalue weighted by molar-refractivity contribution is 6.76. The molecule has 3 aromatic rings. The van der Waals surface area contributed by atoms with Crippen molar-refractivity contribution >= 4 is 37.3 Å². The van der Waals surface area contributed by atoms with E-state index in [4.69, 9.17) is 33.2 Å². The minimum atomic E-state index is -1.22. The molecule has 0 spiro atoms. The quantitative estimate of drug-likeness (QED) is 0.0783. The summed E-state index contributed by atoms with van der Waals surface area (Å²) >= 11 is 0. The highest BCUT2D eigenvalue weighted by Crippen LogP contribution is 2.30. The van der Waals surface area contributed by atoms with Gasteiger partial charge in [-0.1, -0.05) is 43.1 Å². The van der Waals surface area contributed by atoms with Crippen molar-refractivity contribution in [3.8, 4) is 5.75 Å². The summed E-state index contributed by atoms with van der Waals surface area (Å²) in [6.45, 7) is 17.9. The van der Waals surface area contributed by atoms with Gasteiger partial charge in [0.05, 0.1) is 31.8 Å². The number of esters is 1. The molecule has 0 aliphatic carbocycles. The van der Waals surface area contributed by atoms with Crippen LogP contribution in [0.3, 0.4) is 0 Å². The van der Waals surface area contributed by atoms with Crippen molar-refractivity contribution in [2.45, 2.75) is 116 Å². The predicted octanol–water partition coefficient (Wildman–Crippen LogP) is 6.36. The van der Waals surface area contributed by atoms with Crippen molar-refractivity contribution < 1.29 is 47.5 Å². The molecule has 1 amide bonds. The Morgan fingerprint density at radius 1 is 0.885 bits per heavy atom. The Hall–Kier alpha value is -4.21. The number of rotatable bonds is 14. The Morgan fingerprint density at radius 2 is 1.56 bits per heavy atom. The molecule has 0 radical (unpaired) electrons. The van der Waals surface area contributed by atoms with Crippen LogP contribution in [-0.2, 0) is 53.0 Å². The minimum Gasteiger partial charge on any atom is -0.497 e. The zero-order valence-corrected chi connectivity index (χ0v) is 33.1. The Labute approximate surface area is 307 Å². The van der Waals surface area contributed by atoms with Crippen molar-refractivity contribution in [3.05, 3.63) is 53.6 Å². The number of methoxy groups -OCH3 is 1. The Morgan fingerprint density at radius 3 is 2.19 bits per heavy atom. The van der Waals surface area contributed by atoms with Gasteiger partial charge in [-0.05, 0) is 89.4 Å². The SMILES string of the molecule is COc1ccc(C[C@@H]2[C@H](OC(=O)COCc3ccc4nnn(COCC[Si](C)(C)C)c4c3)[C@@H](OC(=O)OC(C)(C)C)CN2C(=O)OC(C)(C)C)cc1. The second-order valence-corrected chi connectivity index (χ2v) is 21.7. The second-order valence-electron chi connectivity index (χ2n) is 16.1. The molecule has 2 aromatic carbocycles. The molecule has 1 aromatic heterocycles. The summed E-state index contributed by atoms with van der Waals surface area (Å²) in [5, 5.41) is 8.44. The number of benzene rings is 2. The molecular formula is C37H54N4O10Si. The first kappa shape index (κ1) is 40.6. The molecule has 4 rings (SSSR count). The number of carbonyl (C=O) groups is 3. The zero-order valence-electron chi connectivity index (χ0n) is 32.1. The van der Waals surface area contributed by atoms with E-state index in [1.165, 1.54) is 4.90 Å². The van der Waals surface area contributed by atoms with E-state index in [0.717, 1.165) is 22.7 Å². The van der Waals surface area contributed by atoms with Gasteiger partial charge in [0.2, 0.25) is 0 Å². The summed E-state index contributed by atoms with van der Waals surface area (Å²) in [5.74, 6) is -0.0340. The first-order chi connectivity index (χ1) is 24.3. The first-order valence-electron chi connectivity index (χ1n) is 17.5. The molecule has 0 bridgehead atoms. The monoisotopic (exact) mass is 742 g/mol. The number of amides is 1. The molecule has 0 unspecified atom stereocenters. The van der Waals surface area contributed by atoms with Crippen LogP contribution in [0.2, 0.25) is 25.7 Å². The van der Waals surface area contributed by atoms with E-state index in [1.54, 1.807) is 65.5 Å². The Kier molecular flexibility index (Phi) is 13.3. The average Bonchev–Trinajstić information content (AvgIpc) is 3.58. The lowest BCUT2D eigenvalue weighted by molar-refractivity contribution is -0.161. The summed E-state index contributed by atoms with van der Waals surface area (Å²) in [6.07, 6.45) is -3.42. The van der Waals surface area contributed by atoms with Gasteiger partial charge in [-0.2, -0.15) is 0 Å². The van der Waals surface area contributed by atoms with Gasteiger partial charge in [-0.15, -0.1) is 5.10 Å². The smallest absolute Gasteiger partial charge is 0.497 e. The van der Waals surface area contributed by atoms with E-state index in [-0.39, 0.29) is 26.3 Å². The lowest BCUT2D eigenvalue weighted by Crippen LogP contribution is -2.45. The number of fused-ring (bicyclic) bond motifs is 1. The topological polar surface area (TPSA) is 150 Å². The van der Waals surface area contributed by atoms with E-state index in [0.29, 0.717) is 17.9 Å². The molecule has 286 valence electrons.